The number of para-hydroxylation sites is 1. The van der Waals surface area contributed by atoms with Crippen molar-refractivity contribution < 1.29 is 18.7 Å². The summed E-state index contributed by atoms with van der Waals surface area (Å²) < 4.78 is 11.0. The molecule has 2 bridgehead atoms. The summed E-state index contributed by atoms with van der Waals surface area (Å²) in [7, 11) is 0. The van der Waals surface area contributed by atoms with Crippen LogP contribution in [0.25, 0.3) is 11.0 Å². The zero-order valence-electron chi connectivity index (χ0n) is 16.1. The second kappa shape index (κ2) is 7.30. The number of nitrogens with zero attached hydrogens (tertiary/aromatic N) is 1. The van der Waals surface area contributed by atoms with Gasteiger partial charge in [-0.2, -0.15) is 0 Å². The number of ether oxygens (including phenoxy) is 1. The van der Waals surface area contributed by atoms with E-state index in [1.807, 2.05) is 0 Å². The van der Waals surface area contributed by atoms with E-state index in [1.54, 1.807) is 24.3 Å². The predicted octanol–water partition coefficient (Wildman–Crippen LogP) is 2.08. The molecule has 7 nitrogen and oxygen atoms in total. The topological polar surface area (TPSA) is 88.9 Å². The summed E-state index contributed by atoms with van der Waals surface area (Å²) in [5, 5.41) is 3.49. The molecular formula is C22H24N2O5. The Hall–Kier alpha value is -2.67. The van der Waals surface area contributed by atoms with E-state index in [1.165, 1.54) is 6.07 Å². The Balaban J connectivity index is 1.28. The second-order valence-electron chi connectivity index (χ2n) is 8.30. The van der Waals surface area contributed by atoms with E-state index in [4.69, 9.17) is 9.15 Å². The van der Waals surface area contributed by atoms with E-state index in [2.05, 4.69) is 10.2 Å². The second-order valence-corrected chi connectivity index (χ2v) is 8.30. The van der Waals surface area contributed by atoms with Crippen molar-refractivity contribution in [3.8, 4) is 0 Å². The van der Waals surface area contributed by atoms with Crippen molar-refractivity contribution in [2.45, 2.75) is 50.2 Å². The van der Waals surface area contributed by atoms with Gasteiger partial charge in [0.1, 0.15) is 5.58 Å². The first kappa shape index (κ1) is 18.4. The van der Waals surface area contributed by atoms with Crippen molar-refractivity contribution in [2.75, 3.05) is 13.2 Å². The van der Waals surface area contributed by atoms with Crippen LogP contribution in [0.3, 0.4) is 0 Å². The highest BCUT2D eigenvalue weighted by Crippen LogP contribution is 2.37. The number of hydrogen-bond donors (Lipinski definition) is 1. The number of rotatable bonds is 3. The number of carbonyl (C=O) groups excluding carboxylic acids is 2. The Kier molecular flexibility index (Phi) is 4.62. The number of fused-ring (bicyclic) bond motifs is 3. The molecule has 3 atom stereocenters. The Morgan fingerprint density at radius 2 is 1.83 bits per heavy atom. The van der Waals surface area contributed by atoms with Gasteiger partial charge >= 0.3 is 0 Å². The number of amides is 2. The van der Waals surface area contributed by atoms with Crippen LogP contribution < -0.4 is 10.7 Å². The Morgan fingerprint density at radius 3 is 2.55 bits per heavy atom. The average molecular weight is 396 g/mol. The standard InChI is InChI=1S/C22H24N2O5/c25-18-11-20(29-19-4-2-1-3-17(18)19)21(26)23-14-9-15-5-6-16(10-14)24(15)22(27)13-7-8-28-12-13/h1-4,11,13-16H,5-10,12H2,(H,23,26). The van der Waals surface area contributed by atoms with Gasteiger partial charge in [-0.15, -0.1) is 0 Å². The Morgan fingerprint density at radius 1 is 1.07 bits per heavy atom. The van der Waals surface area contributed by atoms with Crippen molar-refractivity contribution in [3.05, 3.63) is 46.3 Å². The van der Waals surface area contributed by atoms with Crippen LogP contribution in [0.2, 0.25) is 0 Å². The molecule has 7 heteroatoms. The zero-order chi connectivity index (χ0) is 20.0. The molecule has 3 aliphatic rings. The maximum absolute atomic E-state index is 12.9. The first-order chi connectivity index (χ1) is 14.1. The lowest BCUT2D eigenvalue weighted by Gasteiger charge is -2.40. The summed E-state index contributed by atoms with van der Waals surface area (Å²) in [5.41, 5.74) is 0.181. The maximum atomic E-state index is 12.9. The van der Waals surface area contributed by atoms with Crippen molar-refractivity contribution in [1.29, 1.82) is 0 Å². The number of carbonyl (C=O) groups is 2. The van der Waals surface area contributed by atoms with Gasteiger partial charge in [0.2, 0.25) is 5.91 Å². The normalized spacial score (nSPS) is 28.6. The third kappa shape index (κ3) is 3.33. The fourth-order valence-corrected chi connectivity index (χ4v) is 5.07. The Bertz CT molecular complexity index is 996. The molecule has 0 radical (unpaired) electrons. The smallest absolute Gasteiger partial charge is 0.287 e. The number of nitrogens with one attached hydrogen (secondary N) is 1. The minimum absolute atomic E-state index is 0.0175. The van der Waals surface area contributed by atoms with Gasteiger partial charge in [-0.1, -0.05) is 12.1 Å². The highest BCUT2D eigenvalue weighted by molar-refractivity contribution is 5.93. The first-order valence-corrected chi connectivity index (χ1v) is 10.3. The van der Waals surface area contributed by atoms with Gasteiger partial charge in [0.25, 0.3) is 5.91 Å². The van der Waals surface area contributed by atoms with Gasteiger partial charge in [-0.05, 0) is 44.2 Å². The molecule has 1 aromatic heterocycles. The third-order valence-electron chi connectivity index (χ3n) is 6.46. The third-order valence-corrected chi connectivity index (χ3v) is 6.46. The van der Waals surface area contributed by atoms with Gasteiger partial charge in [0.15, 0.2) is 11.2 Å². The number of benzene rings is 1. The van der Waals surface area contributed by atoms with Gasteiger partial charge in [-0.3, -0.25) is 14.4 Å². The van der Waals surface area contributed by atoms with Crippen LogP contribution in [-0.4, -0.2) is 48.1 Å². The van der Waals surface area contributed by atoms with E-state index in [9.17, 15) is 14.4 Å². The molecule has 0 saturated carbocycles. The average Bonchev–Trinajstić information content (AvgIpc) is 3.34. The lowest BCUT2D eigenvalue weighted by molar-refractivity contribution is -0.140. The molecule has 2 aromatic rings. The highest BCUT2D eigenvalue weighted by atomic mass is 16.5. The molecule has 0 aliphatic carbocycles. The van der Waals surface area contributed by atoms with Crippen molar-refractivity contribution in [1.82, 2.24) is 10.2 Å². The molecule has 3 fully saturated rings. The van der Waals surface area contributed by atoms with E-state index in [0.29, 0.717) is 24.2 Å². The summed E-state index contributed by atoms with van der Waals surface area (Å²) in [6, 6.07) is 8.46. The van der Waals surface area contributed by atoms with Crippen LogP contribution in [-0.2, 0) is 9.53 Å². The van der Waals surface area contributed by atoms with Crippen LogP contribution in [0.4, 0.5) is 0 Å². The van der Waals surface area contributed by atoms with Crippen LogP contribution in [0.15, 0.2) is 39.5 Å². The molecule has 1 aromatic carbocycles. The molecule has 29 heavy (non-hydrogen) atoms. The van der Waals surface area contributed by atoms with Crippen LogP contribution >= 0.6 is 0 Å². The quantitative estimate of drug-likeness (QED) is 0.858. The molecule has 5 rings (SSSR count). The van der Waals surface area contributed by atoms with E-state index in [-0.39, 0.29) is 47.0 Å². The lowest BCUT2D eigenvalue weighted by atomic mass is 9.95. The maximum Gasteiger partial charge on any atom is 0.287 e. The largest absolute Gasteiger partial charge is 0.451 e. The number of hydrogen-bond acceptors (Lipinski definition) is 5. The van der Waals surface area contributed by atoms with Gasteiger partial charge in [-0.25, -0.2) is 0 Å². The molecule has 1 N–H and O–H groups in total. The van der Waals surface area contributed by atoms with Crippen molar-refractivity contribution in [3.63, 3.8) is 0 Å². The van der Waals surface area contributed by atoms with Crippen LogP contribution in [0.5, 0.6) is 0 Å². The molecule has 4 heterocycles. The summed E-state index contributed by atoms with van der Waals surface area (Å²) >= 11 is 0. The number of piperidine rings is 1. The molecular weight excluding hydrogens is 372 g/mol. The van der Waals surface area contributed by atoms with Crippen LogP contribution in [0, 0.1) is 5.92 Å². The molecule has 2 amide bonds. The van der Waals surface area contributed by atoms with Gasteiger partial charge < -0.3 is 19.4 Å². The summed E-state index contributed by atoms with van der Waals surface area (Å²) in [5.74, 6) is -0.153. The lowest BCUT2D eigenvalue weighted by Crippen LogP contribution is -2.54. The fraction of sp³-hybridized carbons (Fsp3) is 0.500. The molecule has 3 aliphatic heterocycles. The first-order valence-electron chi connectivity index (χ1n) is 10.3. The van der Waals surface area contributed by atoms with Crippen LogP contribution in [0.1, 0.15) is 42.7 Å². The minimum Gasteiger partial charge on any atom is -0.451 e. The molecule has 3 saturated heterocycles. The van der Waals surface area contributed by atoms with E-state index in [0.717, 1.165) is 32.1 Å². The summed E-state index contributed by atoms with van der Waals surface area (Å²) in [6.07, 6.45) is 4.22. The van der Waals surface area contributed by atoms with E-state index >= 15 is 0 Å². The molecule has 0 spiro atoms. The van der Waals surface area contributed by atoms with Crippen molar-refractivity contribution in [2.24, 2.45) is 5.92 Å². The van der Waals surface area contributed by atoms with Gasteiger partial charge in [0, 0.05) is 30.8 Å². The monoisotopic (exact) mass is 396 g/mol. The predicted molar refractivity (Wildman–Crippen MR) is 106 cm³/mol. The molecule has 3 unspecified atom stereocenters. The SMILES string of the molecule is O=C(NC1CC2CCC(C1)N2C(=O)C1CCOC1)c1cc(=O)c2ccccc2o1. The fourth-order valence-electron chi connectivity index (χ4n) is 5.07. The van der Waals surface area contributed by atoms with E-state index < -0.39 is 0 Å². The highest BCUT2D eigenvalue weighted by Gasteiger charge is 2.45. The summed E-state index contributed by atoms with van der Waals surface area (Å²) in [4.78, 5) is 39.9. The minimum atomic E-state index is -0.374. The van der Waals surface area contributed by atoms with Crippen molar-refractivity contribution >= 4 is 22.8 Å². The summed E-state index contributed by atoms with van der Waals surface area (Å²) in [6.45, 7) is 1.19. The zero-order valence-corrected chi connectivity index (χ0v) is 16.1. The Labute approximate surface area is 168 Å². The van der Waals surface area contributed by atoms with Gasteiger partial charge in [0.05, 0.1) is 17.9 Å². The molecule has 152 valence electrons.